The number of rotatable bonds is 5. The number of hydrogen-bond acceptors (Lipinski definition) is 4. The van der Waals surface area contributed by atoms with Gasteiger partial charge in [-0.3, -0.25) is 0 Å². The van der Waals surface area contributed by atoms with E-state index < -0.39 is 7.25 Å². The van der Waals surface area contributed by atoms with Crippen molar-refractivity contribution in [2.45, 2.75) is 38.5 Å². The van der Waals surface area contributed by atoms with E-state index in [1.165, 1.54) is 5.56 Å². The molecule has 0 spiro atoms. The Labute approximate surface area is 189 Å². The average molecular weight is 467 g/mol. The lowest BCUT2D eigenvalue weighted by Crippen LogP contribution is -2.57. The quantitative estimate of drug-likeness (QED) is 0.314. The van der Waals surface area contributed by atoms with E-state index in [2.05, 4.69) is 42.7 Å². The van der Waals surface area contributed by atoms with Gasteiger partial charge >= 0.3 is 13.1 Å². The summed E-state index contributed by atoms with van der Waals surface area (Å²) in [5, 5.41) is 4.79. The van der Waals surface area contributed by atoms with Crippen LogP contribution in [0.15, 0.2) is 54.9 Å². The Morgan fingerprint density at radius 2 is 1.61 bits per heavy atom. The molecule has 178 valence electrons. The van der Waals surface area contributed by atoms with Crippen LogP contribution in [-0.4, -0.2) is 36.9 Å². The molecule has 0 fully saturated rings. The number of hydrogen-bond donors (Lipinski definition) is 0. The van der Waals surface area contributed by atoms with Gasteiger partial charge in [-0.25, -0.2) is 4.57 Å². The number of methoxy groups -OCH3 is 2. The highest BCUT2D eigenvalue weighted by Gasteiger charge is 2.43. The summed E-state index contributed by atoms with van der Waals surface area (Å²) in [4.78, 5) is 0. The predicted octanol–water partition coefficient (Wildman–Crippen LogP) is 4.57. The van der Waals surface area contributed by atoms with Crippen LogP contribution in [0.25, 0.3) is 5.69 Å². The molecular weight excluding hydrogens is 441 g/mol. The maximum absolute atomic E-state index is 9.75. The van der Waals surface area contributed by atoms with Gasteiger partial charge in [0.1, 0.15) is 12.6 Å². The van der Waals surface area contributed by atoms with Crippen LogP contribution in [0.1, 0.15) is 31.3 Å². The van der Waals surface area contributed by atoms with Crippen molar-refractivity contribution >= 4 is 7.25 Å². The molecule has 0 radical (unpaired) electrons. The lowest BCUT2D eigenvalue weighted by molar-refractivity contribution is -0.757. The van der Waals surface area contributed by atoms with Crippen molar-refractivity contribution in [1.82, 2.24) is 9.78 Å². The smallest absolute Gasteiger partial charge is 0.493 e. The number of ether oxygens (including phenoxy) is 3. The Kier molecular flexibility index (Phi) is 7.31. The molecule has 0 amide bonds. The van der Waals surface area contributed by atoms with E-state index in [1.54, 1.807) is 14.2 Å². The zero-order chi connectivity index (χ0) is 24.2. The van der Waals surface area contributed by atoms with Crippen molar-refractivity contribution < 1.29 is 36.0 Å². The van der Waals surface area contributed by atoms with Crippen molar-refractivity contribution in [3.63, 3.8) is 0 Å². The molecule has 0 saturated heterocycles. The van der Waals surface area contributed by atoms with E-state index in [4.69, 9.17) is 19.3 Å². The van der Waals surface area contributed by atoms with Crippen LogP contribution >= 0.6 is 0 Å². The zero-order valence-corrected chi connectivity index (χ0v) is 18.8. The molecule has 0 N–H and O–H groups in total. The van der Waals surface area contributed by atoms with Gasteiger partial charge in [0.15, 0.2) is 11.5 Å². The number of halogens is 4. The molecule has 0 bridgehead atoms. The molecule has 1 atom stereocenters. The Morgan fingerprint density at radius 3 is 2.15 bits per heavy atom. The van der Waals surface area contributed by atoms with Crippen LogP contribution in [0.2, 0.25) is 0 Å². The molecule has 0 unspecified atom stereocenters. The van der Waals surface area contributed by atoms with Crippen LogP contribution in [0, 0.1) is 0 Å². The van der Waals surface area contributed by atoms with E-state index >= 15 is 0 Å². The fourth-order valence-electron chi connectivity index (χ4n) is 3.78. The number of aromatic nitrogens is 3. The number of benzene rings is 2. The van der Waals surface area contributed by atoms with Gasteiger partial charge in [0.2, 0.25) is 12.0 Å². The third-order valence-corrected chi connectivity index (χ3v) is 5.37. The molecular formula is C22H26BF4N3O3. The van der Waals surface area contributed by atoms with Crippen molar-refractivity contribution in [2.75, 3.05) is 14.2 Å². The van der Waals surface area contributed by atoms with Crippen molar-refractivity contribution in [3.05, 3.63) is 66.2 Å². The molecule has 3 aromatic rings. The number of para-hydroxylation sites is 1. The first kappa shape index (κ1) is 24.6. The standard InChI is InChI=1S/C22H26N3O3.BF4/c1-22(2)19(13-16-9-6-5-7-10-16)24-15-25(23-20(24)14-28-22)21-17(26-3)11-8-12-18(21)27-4;2-1(3,4)5/h5-12,15,19H,13-14H2,1-4H3;/q+1;-1/t19-;/m0./s1. The second-order valence-corrected chi connectivity index (χ2v) is 7.99. The van der Waals surface area contributed by atoms with Gasteiger partial charge in [-0.05, 0) is 31.5 Å². The van der Waals surface area contributed by atoms with E-state index in [0.717, 1.165) is 17.9 Å². The van der Waals surface area contributed by atoms with Crippen LogP contribution in [0.3, 0.4) is 0 Å². The topological polar surface area (TPSA) is 49.4 Å². The summed E-state index contributed by atoms with van der Waals surface area (Å²) in [6.45, 7) is 4.73. The zero-order valence-electron chi connectivity index (χ0n) is 18.8. The van der Waals surface area contributed by atoms with Crippen molar-refractivity contribution in [2.24, 2.45) is 0 Å². The fourth-order valence-corrected chi connectivity index (χ4v) is 3.78. The maximum Gasteiger partial charge on any atom is 0.673 e. The van der Waals surface area contributed by atoms with Crippen LogP contribution < -0.4 is 14.0 Å². The first-order valence-corrected chi connectivity index (χ1v) is 10.3. The number of nitrogens with zero attached hydrogens (tertiary/aromatic N) is 3. The summed E-state index contributed by atoms with van der Waals surface area (Å²) in [7, 11) is -2.70. The molecule has 1 aliphatic heterocycles. The first-order chi connectivity index (χ1) is 15.5. The monoisotopic (exact) mass is 467 g/mol. The highest BCUT2D eigenvalue weighted by Crippen LogP contribution is 2.34. The van der Waals surface area contributed by atoms with Gasteiger partial charge in [0.25, 0.3) is 0 Å². The molecule has 33 heavy (non-hydrogen) atoms. The molecule has 4 rings (SSSR count). The molecule has 2 heterocycles. The molecule has 1 aliphatic rings. The predicted molar refractivity (Wildman–Crippen MR) is 115 cm³/mol. The third kappa shape index (κ3) is 6.04. The Balaban J connectivity index is 0.000000555. The minimum Gasteiger partial charge on any atom is -0.493 e. The van der Waals surface area contributed by atoms with Crippen molar-refractivity contribution in [3.8, 4) is 17.2 Å². The first-order valence-electron chi connectivity index (χ1n) is 10.3. The largest absolute Gasteiger partial charge is 0.673 e. The van der Waals surface area contributed by atoms with Crippen LogP contribution in [0.4, 0.5) is 17.3 Å². The molecule has 0 saturated carbocycles. The molecule has 6 nitrogen and oxygen atoms in total. The van der Waals surface area contributed by atoms with E-state index in [-0.39, 0.29) is 11.6 Å². The third-order valence-electron chi connectivity index (χ3n) is 5.37. The highest BCUT2D eigenvalue weighted by molar-refractivity contribution is 6.50. The second kappa shape index (κ2) is 9.82. The Hall–Kier alpha value is -3.08. The SMILES string of the molecule is COc1cccc(OC)c1-n1c[n+]2c(n1)COC(C)(C)[C@@H]2Cc1ccccc1.F[B-](F)(F)F. The van der Waals surface area contributed by atoms with E-state index in [1.807, 2.05) is 35.3 Å². The van der Waals surface area contributed by atoms with Gasteiger partial charge in [-0.15, -0.1) is 0 Å². The lowest BCUT2D eigenvalue weighted by Gasteiger charge is -2.36. The average Bonchev–Trinajstić information content (AvgIpc) is 3.18. The molecule has 11 heteroatoms. The van der Waals surface area contributed by atoms with Gasteiger partial charge in [0, 0.05) is 11.5 Å². The lowest BCUT2D eigenvalue weighted by atomic mass is 9.91. The fraction of sp³-hybridized carbons (Fsp3) is 0.364. The summed E-state index contributed by atoms with van der Waals surface area (Å²) in [6.07, 6.45) is 2.88. The highest BCUT2D eigenvalue weighted by atomic mass is 19.5. The summed E-state index contributed by atoms with van der Waals surface area (Å²) in [5.41, 5.74) is 1.74. The Morgan fingerprint density at radius 1 is 1.03 bits per heavy atom. The van der Waals surface area contributed by atoms with Crippen LogP contribution in [-0.2, 0) is 17.8 Å². The van der Waals surface area contributed by atoms with E-state index in [9.17, 15) is 17.3 Å². The van der Waals surface area contributed by atoms with Crippen molar-refractivity contribution in [1.29, 1.82) is 0 Å². The maximum atomic E-state index is 9.75. The Bertz CT molecular complexity index is 1050. The normalized spacial score (nSPS) is 16.9. The number of fused-ring (bicyclic) bond motifs is 1. The summed E-state index contributed by atoms with van der Waals surface area (Å²) < 4.78 is 60.3. The molecule has 2 aromatic carbocycles. The van der Waals surface area contributed by atoms with Crippen LogP contribution in [0.5, 0.6) is 11.5 Å². The van der Waals surface area contributed by atoms with Gasteiger partial charge < -0.3 is 31.5 Å². The van der Waals surface area contributed by atoms with E-state index in [0.29, 0.717) is 18.1 Å². The minimum absolute atomic E-state index is 0.119. The second-order valence-electron chi connectivity index (χ2n) is 7.99. The van der Waals surface area contributed by atoms with Gasteiger partial charge in [0.05, 0.1) is 19.8 Å². The van der Waals surface area contributed by atoms with Gasteiger partial charge in [-0.2, -0.15) is 0 Å². The molecule has 1 aromatic heterocycles. The summed E-state index contributed by atoms with van der Waals surface area (Å²) in [6, 6.07) is 16.3. The molecule has 0 aliphatic carbocycles. The minimum atomic E-state index is -6.00. The van der Waals surface area contributed by atoms with Gasteiger partial charge in [-0.1, -0.05) is 41.1 Å². The summed E-state index contributed by atoms with van der Waals surface area (Å²) >= 11 is 0. The summed E-state index contributed by atoms with van der Waals surface area (Å²) in [5.74, 6) is 2.30.